The van der Waals surface area contributed by atoms with Crippen molar-refractivity contribution >= 4 is 6.29 Å². The summed E-state index contributed by atoms with van der Waals surface area (Å²) >= 11 is 0. The van der Waals surface area contributed by atoms with Gasteiger partial charge in [0.05, 0.1) is 0 Å². The maximum atomic E-state index is 11.1. The summed E-state index contributed by atoms with van der Waals surface area (Å²) in [5.74, 6) is 3.74. The van der Waals surface area contributed by atoms with Crippen LogP contribution in [0.25, 0.3) is 0 Å². The molecular formula is C15H26O. The maximum Gasteiger partial charge on any atom is 0.123 e. The van der Waals surface area contributed by atoms with Gasteiger partial charge in [-0.05, 0) is 55.8 Å². The van der Waals surface area contributed by atoms with Crippen molar-refractivity contribution < 1.29 is 4.79 Å². The summed E-state index contributed by atoms with van der Waals surface area (Å²) < 4.78 is 0. The van der Waals surface area contributed by atoms with E-state index in [2.05, 4.69) is 13.8 Å². The zero-order chi connectivity index (χ0) is 11.5. The second-order valence-corrected chi connectivity index (χ2v) is 6.37. The van der Waals surface area contributed by atoms with Crippen molar-refractivity contribution in [1.82, 2.24) is 0 Å². The lowest BCUT2D eigenvalue weighted by atomic mass is 9.66. The van der Waals surface area contributed by atoms with Crippen LogP contribution in [0.4, 0.5) is 0 Å². The standard InChI is InChI=1S/C15H26O/c1-11-3-6-13(7-4-11)14-8-5-12(2)15(9-14)10-16/h10-15H,3-9H2,1-2H3. The van der Waals surface area contributed by atoms with Crippen LogP contribution in [-0.2, 0) is 4.79 Å². The molecule has 1 heteroatoms. The molecular weight excluding hydrogens is 196 g/mol. The van der Waals surface area contributed by atoms with E-state index in [4.69, 9.17) is 0 Å². The highest BCUT2D eigenvalue weighted by molar-refractivity contribution is 5.54. The molecule has 3 atom stereocenters. The molecule has 16 heavy (non-hydrogen) atoms. The van der Waals surface area contributed by atoms with Crippen molar-refractivity contribution in [2.45, 2.75) is 58.8 Å². The largest absolute Gasteiger partial charge is 0.303 e. The Morgan fingerprint density at radius 3 is 2.12 bits per heavy atom. The number of hydrogen-bond donors (Lipinski definition) is 0. The summed E-state index contributed by atoms with van der Waals surface area (Å²) in [5.41, 5.74) is 0. The third kappa shape index (κ3) is 2.67. The van der Waals surface area contributed by atoms with Gasteiger partial charge in [-0.15, -0.1) is 0 Å². The Morgan fingerprint density at radius 1 is 0.875 bits per heavy atom. The molecule has 0 N–H and O–H groups in total. The van der Waals surface area contributed by atoms with Crippen LogP contribution in [0.3, 0.4) is 0 Å². The Balaban J connectivity index is 1.88. The second kappa shape index (κ2) is 5.33. The maximum absolute atomic E-state index is 11.1. The van der Waals surface area contributed by atoms with Gasteiger partial charge in [0, 0.05) is 5.92 Å². The van der Waals surface area contributed by atoms with E-state index >= 15 is 0 Å². The average Bonchev–Trinajstić information content (AvgIpc) is 2.31. The van der Waals surface area contributed by atoms with Crippen molar-refractivity contribution in [2.75, 3.05) is 0 Å². The van der Waals surface area contributed by atoms with Crippen molar-refractivity contribution in [3.8, 4) is 0 Å². The van der Waals surface area contributed by atoms with Gasteiger partial charge < -0.3 is 4.79 Å². The SMILES string of the molecule is CC1CCC(C2CCC(C)C(C=O)C2)CC1. The van der Waals surface area contributed by atoms with Crippen LogP contribution in [0.5, 0.6) is 0 Å². The lowest BCUT2D eigenvalue weighted by molar-refractivity contribution is -0.114. The van der Waals surface area contributed by atoms with Crippen LogP contribution in [0.15, 0.2) is 0 Å². The Labute approximate surface area is 100.0 Å². The topological polar surface area (TPSA) is 17.1 Å². The van der Waals surface area contributed by atoms with Crippen LogP contribution in [0.2, 0.25) is 0 Å². The first kappa shape index (κ1) is 12.1. The molecule has 0 aliphatic heterocycles. The number of hydrogen-bond acceptors (Lipinski definition) is 1. The second-order valence-electron chi connectivity index (χ2n) is 6.37. The van der Waals surface area contributed by atoms with Gasteiger partial charge in [0.1, 0.15) is 6.29 Å². The van der Waals surface area contributed by atoms with Gasteiger partial charge in [-0.2, -0.15) is 0 Å². The number of rotatable bonds is 2. The Kier molecular flexibility index (Phi) is 4.05. The van der Waals surface area contributed by atoms with Gasteiger partial charge in [-0.1, -0.05) is 26.7 Å². The van der Waals surface area contributed by atoms with E-state index in [1.807, 2.05) is 0 Å². The summed E-state index contributed by atoms with van der Waals surface area (Å²) in [5, 5.41) is 0. The highest BCUT2D eigenvalue weighted by Gasteiger charge is 2.33. The fourth-order valence-corrected chi connectivity index (χ4v) is 3.77. The molecule has 2 rings (SSSR count). The fourth-order valence-electron chi connectivity index (χ4n) is 3.77. The summed E-state index contributed by atoms with van der Waals surface area (Å²) in [6.45, 7) is 4.63. The van der Waals surface area contributed by atoms with E-state index in [1.54, 1.807) is 0 Å². The molecule has 0 aromatic carbocycles. The van der Waals surface area contributed by atoms with Crippen LogP contribution in [0, 0.1) is 29.6 Å². The lowest BCUT2D eigenvalue weighted by Gasteiger charge is -2.38. The predicted molar refractivity (Wildman–Crippen MR) is 67.2 cm³/mol. The highest BCUT2D eigenvalue weighted by Crippen LogP contribution is 2.42. The van der Waals surface area contributed by atoms with E-state index < -0.39 is 0 Å². The number of carbonyl (C=O) groups excluding carboxylic acids is 1. The molecule has 0 radical (unpaired) electrons. The highest BCUT2D eigenvalue weighted by atomic mass is 16.1. The molecule has 2 saturated carbocycles. The predicted octanol–water partition coefficient (Wildman–Crippen LogP) is 4.06. The van der Waals surface area contributed by atoms with E-state index in [0.717, 1.165) is 17.8 Å². The first-order valence-electron chi connectivity index (χ1n) is 7.16. The van der Waals surface area contributed by atoms with Crippen molar-refractivity contribution in [1.29, 1.82) is 0 Å². The van der Waals surface area contributed by atoms with E-state index in [1.165, 1.54) is 51.2 Å². The van der Waals surface area contributed by atoms with Gasteiger partial charge in [0.15, 0.2) is 0 Å². The molecule has 0 aromatic heterocycles. The van der Waals surface area contributed by atoms with E-state index in [-0.39, 0.29) is 0 Å². The normalized spacial score (nSPS) is 45.2. The van der Waals surface area contributed by atoms with Crippen LogP contribution < -0.4 is 0 Å². The van der Waals surface area contributed by atoms with Gasteiger partial charge in [-0.3, -0.25) is 0 Å². The molecule has 0 bridgehead atoms. The number of aldehydes is 1. The Hall–Kier alpha value is -0.330. The molecule has 2 aliphatic rings. The minimum absolute atomic E-state index is 0.359. The van der Waals surface area contributed by atoms with Gasteiger partial charge in [0.2, 0.25) is 0 Å². The number of carbonyl (C=O) groups is 1. The zero-order valence-electron chi connectivity index (χ0n) is 10.8. The summed E-state index contributed by atoms with van der Waals surface area (Å²) in [4.78, 5) is 11.1. The van der Waals surface area contributed by atoms with Crippen LogP contribution in [0.1, 0.15) is 58.8 Å². The third-order valence-electron chi connectivity index (χ3n) is 5.20. The van der Waals surface area contributed by atoms with E-state index in [0.29, 0.717) is 11.8 Å². The van der Waals surface area contributed by atoms with Gasteiger partial charge >= 0.3 is 0 Å². The van der Waals surface area contributed by atoms with Gasteiger partial charge in [-0.25, -0.2) is 0 Å². The van der Waals surface area contributed by atoms with Crippen molar-refractivity contribution in [2.24, 2.45) is 29.6 Å². The summed E-state index contributed by atoms with van der Waals surface area (Å²) in [6, 6.07) is 0. The molecule has 0 saturated heterocycles. The first-order valence-corrected chi connectivity index (χ1v) is 7.16. The molecule has 3 unspecified atom stereocenters. The fraction of sp³-hybridized carbons (Fsp3) is 0.933. The van der Waals surface area contributed by atoms with E-state index in [9.17, 15) is 4.79 Å². The van der Waals surface area contributed by atoms with Crippen molar-refractivity contribution in [3.05, 3.63) is 0 Å². The molecule has 0 spiro atoms. The first-order chi connectivity index (χ1) is 7.70. The van der Waals surface area contributed by atoms with Crippen LogP contribution in [-0.4, -0.2) is 6.29 Å². The summed E-state index contributed by atoms with van der Waals surface area (Å²) in [7, 11) is 0. The lowest BCUT2D eigenvalue weighted by Crippen LogP contribution is -2.30. The smallest absolute Gasteiger partial charge is 0.123 e. The zero-order valence-corrected chi connectivity index (χ0v) is 10.8. The molecule has 1 nitrogen and oxygen atoms in total. The Morgan fingerprint density at radius 2 is 1.50 bits per heavy atom. The molecule has 0 heterocycles. The minimum Gasteiger partial charge on any atom is -0.303 e. The van der Waals surface area contributed by atoms with Crippen molar-refractivity contribution in [3.63, 3.8) is 0 Å². The Bertz CT molecular complexity index is 228. The third-order valence-corrected chi connectivity index (χ3v) is 5.20. The quantitative estimate of drug-likeness (QED) is 0.644. The average molecular weight is 222 g/mol. The van der Waals surface area contributed by atoms with Gasteiger partial charge in [0.25, 0.3) is 0 Å². The monoisotopic (exact) mass is 222 g/mol. The minimum atomic E-state index is 0.359. The molecule has 2 fully saturated rings. The summed E-state index contributed by atoms with van der Waals surface area (Å²) in [6.07, 6.45) is 10.7. The van der Waals surface area contributed by atoms with Crippen LogP contribution >= 0.6 is 0 Å². The molecule has 92 valence electrons. The molecule has 2 aliphatic carbocycles. The molecule has 0 aromatic rings. The molecule has 0 amide bonds.